The second-order valence-electron chi connectivity index (χ2n) is 4.72. The molecule has 0 fully saturated rings. The molecule has 0 aliphatic heterocycles. The van der Waals surface area contributed by atoms with E-state index in [9.17, 15) is 10.1 Å². The van der Waals surface area contributed by atoms with Gasteiger partial charge in [0, 0.05) is 24.0 Å². The summed E-state index contributed by atoms with van der Waals surface area (Å²) < 4.78 is 0. The first-order chi connectivity index (χ1) is 9.56. The number of nitro benzene ring substituents is 1. The molecule has 0 saturated heterocycles. The van der Waals surface area contributed by atoms with Gasteiger partial charge in [-0.2, -0.15) is 0 Å². The van der Waals surface area contributed by atoms with E-state index in [0.717, 1.165) is 18.5 Å². The molecule has 0 aliphatic rings. The minimum Gasteiger partial charge on any atom is -0.393 e. The Labute approximate surface area is 121 Å². The zero-order valence-corrected chi connectivity index (χ0v) is 12.1. The maximum atomic E-state index is 10.9. The molecule has 0 radical (unpaired) electrons. The van der Waals surface area contributed by atoms with Crippen molar-refractivity contribution in [1.29, 1.82) is 0 Å². The van der Waals surface area contributed by atoms with Crippen molar-refractivity contribution in [3.63, 3.8) is 0 Å². The highest BCUT2D eigenvalue weighted by atomic mass is 32.1. The molecule has 1 heterocycles. The predicted molar refractivity (Wildman–Crippen MR) is 81.9 cm³/mol. The van der Waals surface area contributed by atoms with Crippen LogP contribution in [0.5, 0.6) is 0 Å². The van der Waals surface area contributed by atoms with E-state index in [1.807, 2.05) is 19.2 Å². The van der Waals surface area contributed by atoms with Gasteiger partial charge in [-0.3, -0.25) is 10.1 Å². The maximum Gasteiger partial charge on any atom is 0.292 e. The number of likely N-dealkylation sites (N-methyl/N-ethyl adjacent to an activating group) is 1. The number of hydrogen-bond donors (Lipinski definition) is 1. The van der Waals surface area contributed by atoms with Gasteiger partial charge in [-0.1, -0.05) is 12.1 Å². The van der Waals surface area contributed by atoms with Crippen molar-refractivity contribution in [3.05, 3.63) is 56.3 Å². The van der Waals surface area contributed by atoms with Crippen LogP contribution in [0, 0.1) is 10.1 Å². The molecule has 1 aromatic heterocycles. The third kappa shape index (κ3) is 3.79. The van der Waals surface area contributed by atoms with Gasteiger partial charge in [-0.15, -0.1) is 11.3 Å². The Balaban J connectivity index is 1.95. The fourth-order valence-corrected chi connectivity index (χ4v) is 2.69. The summed E-state index contributed by atoms with van der Waals surface area (Å²) in [5.41, 5.74) is 6.68. The first-order valence-corrected chi connectivity index (χ1v) is 7.18. The van der Waals surface area contributed by atoms with E-state index in [4.69, 9.17) is 5.73 Å². The van der Waals surface area contributed by atoms with E-state index >= 15 is 0 Å². The number of benzene rings is 1. The Morgan fingerprint density at radius 1 is 1.40 bits per heavy atom. The third-order valence-electron chi connectivity index (χ3n) is 3.06. The van der Waals surface area contributed by atoms with Gasteiger partial charge >= 0.3 is 0 Å². The molecular formula is C14H17N3O2S. The fourth-order valence-electron chi connectivity index (χ4n) is 1.99. The quantitative estimate of drug-likeness (QED) is 0.504. The van der Waals surface area contributed by atoms with Crippen LogP contribution in [0.1, 0.15) is 10.4 Å². The van der Waals surface area contributed by atoms with Gasteiger partial charge in [0.15, 0.2) is 0 Å². The average molecular weight is 291 g/mol. The van der Waals surface area contributed by atoms with Crippen LogP contribution in [0.3, 0.4) is 0 Å². The van der Waals surface area contributed by atoms with Crippen LogP contribution in [-0.4, -0.2) is 23.4 Å². The van der Waals surface area contributed by atoms with Gasteiger partial charge < -0.3 is 10.6 Å². The number of anilines is 1. The molecule has 2 N–H and O–H groups in total. The van der Waals surface area contributed by atoms with Crippen LogP contribution in [0.25, 0.3) is 0 Å². The van der Waals surface area contributed by atoms with E-state index in [1.165, 1.54) is 4.88 Å². The third-order valence-corrected chi connectivity index (χ3v) is 4.00. The Hall–Kier alpha value is -1.92. The van der Waals surface area contributed by atoms with Crippen LogP contribution in [0.2, 0.25) is 0 Å². The van der Waals surface area contributed by atoms with Gasteiger partial charge in [0.1, 0.15) is 5.69 Å². The van der Waals surface area contributed by atoms with Crippen LogP contribution in [-0.2, 0) is 13.0 Å². The molecular weight excluding hydrogens is 274 g/mol. The number of nitrogen functional groups attached to an aromatic ring is 1. The van der Waals surface area contributed by atoms with E-state index in [2.05, 4.69) is 16.3 Å². The highest BCUT2D eigenvalue weighted by molar-refractivity contribution is 7.09. The molecule has 2 rings (SSSR count). The first kappa shape index (κ1) is 14.5. The fraction of sp³-hybridized carbons (Fsp3) is 0.286. The minimum absolute atomic E-state index is 0.0193. The van der Waals surface area contributed by atoms with E-state index < -0.39 is 4.92 Å². The maximum absolute atomic E-state index is 10.9. The summed E-state index contributed by atoms with van der Waals surface area (Å²) in [5.74, 6) is 0. The average Bonchev–Trinajstić information content (AvgIpc) is 2.91. The number of rotatable bonds is 6. The number of nitro groups is 1. The number of thiophene rings is 1. The van der Waals surface area contributed by atoms with Crippen molar-refractivity contribution in [2.45, 2.75) is 13.0 Å². The summed E-state index contributed by atoms with van der Waals surface area (Å²) in [6, 6.07) is 9.15. The van der Waals surface area contributed by atoms with Crippen LogP contribution < -0.4 is 5.73 Å². The van der Waals surface area contributed by atoms with Crippen molar-refractivity contribution >= 4 is 22.7 Å². The molecule has 0 unspecified atom stereocenters. The molecule has 0 aliphatic carbocycles. The molecule has 0 bridgehead atoms. The van der Waals surface area contributed by atoms with Gasteiger partial charge in [0.25, 0.3) is 5.69 Å². The molecule has 6 heteroatoms. The molecule has 0 atom stereocenters. The van der Waals surface area contributed by atoms with Crippen molar-refractivity contribution in [2.24, 2.45) is 0 Å². The zero-order valence-electron chi connectivity index (χ0n) is 11.3. The van der Waals surface area contributed by atoms with Gasteiger partial charge in [0.2, 0.25) is 0 Å². The first-order valence-electron chi connectivity index (χ1n) is 6.30. The van der Waals surface area contributed by atoms with Crippen molar-refractivity contribution in [2.75, 3.05) is 19.3 Å². The van der Waals surface area contributed by atoms with Crippen LogP contribution in [0.4, 0.5) is 11.4 Å². The summed E-state index contributed by atoms with van der Waals surface area (Å²) >= 11 is 1.75. The van der Waals surface area contributed by atoms with Crippen molar-refractivity contribution in [3.8, 4) is 0 Å². The second kappa shape index (κ2) is 6.49. The molecule has 2 aromatic rings. The molecule has 5 nitrogen and oxygen atoms in total. The summed E-state index contributed by atoms with van der Waals surface area (Å²) in [5, 5.41) is 12.9. The normalized spacial score (nSPS) is 10.9. The van der Waals surface area contributed by atoms with Crippen molar-refractivity contribution in [1.82, 2.24) is 4.90 Å². The Bertz CT molecular complexity index is 584. The van der Waals surface area contributed by atoms with Gasteiger partial charge in [-0.25, -0.2) is 0 Å². The SMILES string of the molecule is CN(CCc1cccs1)Cc1ccc(N)c([N+](=O)[O-])c1. The zero-order chi connectivity index (χ0) is 14.5. The monoisotopic (exact) mass is 291 g/mol. The van der Waals surface area contributed by atoms with Crippen molar-refractivity contribution < 1.29 is 4.92 Å². The lowest BCUT2D eigenvalue weighted by molar-refractivity contribution is -0.384. The number of nitrogens with two attached hydrogens (primary N) is 1. The lowest BCUT2D eigenvalue weighted by Gasteiger charge is -2.16. The molecule has 20 heavy (non-hydrogen) atoms. The lowest BCUT2D eigenvalue weighted by Crippen LogP contribution is -2.20. The molecule has 0 spiro atoms. The molecule has 1 aromatic carbocycles. The standard InChI is InChI=1S/C14H17N3O2S/c1-16(7-6-12-3-2-8-20-12)10-11-4-5-13(15)14(9-11)17(18)19/h2-5,8-9H,6-7,10,15H2,1H3. The summed E-state index contributed by atoms with van der Waals surface area (Å²) in [6.07, 6.45) is 0.991. The smallest absolute Gasteiger partial charge is 0.292 e. The van der Waals surface area contributed by atoms with Gasteiger partial charge in [-0.05, 0) is 36.5 Å². The molecule has 106 valence electrons. The molecule has 0 amide bonds. The minimum atomic E-state index is -0.440. The van der Waals surface area contributed by atoms with Gasteiger partial charge in [0.05, 0.1) is 4.92 Å². The second-order valence-corrected chi connectivity index (χ2v) is 5.75. The Kier molecular flexibility index (Phi) is 4.70. The highest BCUT2D eigenvalue weighted by Gasteiger charge is 2.12. The summed E-state index contributed by atoms with van der Waals surface area (Å²) in [7, 11) is 2.01. The van der Waals surface area contributed by atoms with E-state index in [1.54, 1.807) is 23.5 Å². The molecule has 0 saturated carbocycles. The van der Waals surface area contributed by atoms with Crippen LogP contribution >= 0.6 is 11.3 Å². The lowest BCUT2D eigenvalue weighted by atomic mass is 10.1. The van der Waals surface area contributed by atoms with E-state index in [-0.39, 0.29) is 11.4 Å². The highest BCUT2D eigenvalue weighted by Crippen LogP contribution is 2.23. The number of hydrogen-bond acceptors (Lipinski definition) is 5. The topological polar surface area (TPSA) is 72.4 Å². The van der Waals surface area contributed by atoms with Crippen LogP contribution in [0.15, 0.2) is 35.7 Å². The van der Waals surface area contributed by atoms with E-state index in [0.29, 0.717) is 6.54 Å². The summed E-state index contributed by atoms with van der Waals surface area (Å²) in [4.78, 5) is 13.9. The summed E-state index contributed by atoms with van der Waals surface area (Å²) in [6.45, 7) is 1.59. The predicted octanol–water partition coefficient (Wildman–Crippen LogP) is 2.91. The largest absolute Gasteiger partial charge is 0.393 e. The Morgan fingerprint density at radius 2 is 2.20 bits per heavy atom. The number of nitrogens with zero attached hydrogens (tertiary/aromatic N) is 2. The Morgan fingerprint density at radius 3 is 2.85 bits per heavy atom.